The molecule has 3 nitrogen and oxygen atoms in total. The lowest BCUT2D eigenvalue weighted by molar-refractivity contribution is 0.284. The van der Waals surface area contributed by atoms with E-state index in [1.54, 1.807) is 7.11 Å². The van der Waals surface area contributed by atoms with Crippen molar-refractivity contribution in [3.05, 3.63) is 58.1 Å². The van der Waals surface area contributed by atoms with Gasteiger partial charge in [0, 0.05) is 16.6 Å². The van der Waals surface area contributed by atoms with Crippen LogP contribution in [-0.4, -0.2) is 12.6 Å². The van der Waals surface area contributed by atoms with Crippen LogP contribution in [0.4, 0.5) is 0 Å². The van der Waals surface area contributed by atoms with Crippen molar-refractivity contribution in [2.45, 2.75) is 39.5 Å². The van der Waals surface area contributed by atoms with Crippen LogP contribution in [0.3, 0.4) is 0 Å². The van der Waals surface area contributed by atoms with Gasteiger partial charge in [-0.05, 0) is 44.0 Å². The zero-order valence-corrected chi connectivity index (χ0v) is 15.7. The third-order valence-corrected chi connectivity index (χ3v) is 4.12. The Morgan fingerprint density at radius 3 is 2.35 bits per heavy atom. The van der Waals surface area contributed by atoms with Crippen LogP contribution >= 0.6 is 15.9 Å². The van der Waals surface area contributed by atoms with E-state index in [4.69, 9.17) is 9.47 Å². The first kappa shape index (κ1) is 17.8. The highest BCUT2D eigenvalue weighted by Gasteiger charge is 2.14. The van der Waals surface area contributed by atoms with E-state index in [1.165, 1.54) is 0 Å². The summed E-state index contributed by atoms with van der Waals surface area (Å²) in [6.07, 6.45) is 0. The monoisotopic (exact) mass is 377 g/mol. The second-order valence-electron chi connectivity index (χ2n) is 6.47. The van der Waals surface area contributed by atoms with Crippen molar-refractivity contribution < 1.29 is 9.47 Å². The molecule has 0 unspecified atom stereocenters. The first-order chi connectivity index (χ1) is 10.9. The molecular formula is C19H24BrNO2. The van der Waals surface area contributed by atoms with Gasteiger partial charge in [0.1, 0.15) is 6.61 Å². The van der Waals surface area contributed by atoms with E-state index in [0.29, 0.717) is 6.61 Å². The molecule has 2 aromatic rings. The van der Waals surface area contributed by atoms with Crippen LogP contribution in [0.5, 0.6) is 11.5 Å². The number of ether oxygens (including phenoxy) is 2. The van der Waals surface area contributed by atoms with Gasteiger partial charge in [0.2, 0.25) is 0 Å². The Morgan fingerprint density at radius 1 is 1.04 bits per heavy atom. The lowest BCUT2D eigenvalue weighted by Crippen LogP contribution is -2.35. The van der Waals surface area contributed by atoms with E-state index in [2.05, 4.69) is 42.0 Å². The molecule has 0 radical (unpaired) electrons. The molecule has 0 heterocycles. The molecule has 0 spiro atoms. The number of methoxy groups -OCH3 is 1. The number of nitrogens with one attached hydrogen (secondary N) is 1. The zero-order valence-electron chi connectivity index (χ0n) is 14.2. The maximum atomic E-state index is 5.92. The van der Waals surface area contributed by atoms with Crippen molar-refractivity contribution in [2.75, 3.05) is 7.11 Å². The predicted molar refractivity (Wildman–Crippen MR) is 98.1 cm³/mol. The molecule has 0 saturated carbocycles. The molecule has 1 N–H and O–H groups in total. The van der Waals surface area contributed by atoms with Crippen LogP contribution in [0.2, 0.25) is 0 Å². The smallest absolute Gasteiger partial charge is 0.162 e. The summed E-state index contributed by atoms with van der Waals surface area (Å²) in [7, 11) is 1.67. The molecule has 0 bridgehead atoms. The fourth-order valence-electron chi connectivity index (χ4n) is 2.08. The first-order valence-electron chi connectivity index (χ1n) is 7.67. The second-order valence-corrected chi connectivity index (χ2v) is 7.33. The quantitative estimate of drug-likeness (QED) is 0.774. The summed E-state index contributed by atoms with van der Waals surface area (Å²) in [5, 5.41) is 3.48. The van der Waals surface area contributed by atoms with Gasteiger partial charge in [0.15, 0.2) is 11.5 Å². The Bertz CT molecular complexity index is 636. The third kappa shape index (κ3) is 5.56. The van der Waals surface area contributed by atoms with Crippen LogP contribution in [0.15, 0.2) is 46.9 Å². The summed E-state index contributed by atoms with van der Waals surface area (Å²) in [4.78, 5) is 0. The van der Waals surface area contributed by atoms with Crippen LogP contribution in [0, 0.1) is 0 Å². The molecule has 4 heteroatoms. The van der Waals surface area contributed by atoms with Crippen molar-refractivity contribution in [3.8, 4) is 11.5 Å². The average Bonchev–Trinajstić information content (AvgIpc) is 2.52. The lowest BCUT2D eigenvalue weighted by atomic mass is 10.1. The van der Waals surface area contributed by atoms with Crippen LogP contribution < -0.4 is 14.8 Å². The first-order valence-corrected chi connectivity index (χ1v) is 8.46. The molecule has 0 atom stereocenters. The van der Waals surface area contributed by atoms with Gasteiger partial charge in [0.05, 0.1) is 7.11 Å². The van der Waals surface area contributed by atoms with Gasteiger partial charge in [0.25, 0.3) is 0 Å². The number of hydrogen-bond donors (Lipinski definition) is 1. The van der Waals surface area contributed by atoms with E-state index in [0.717, 1.165) is 33.6 Å². The number of hydrogen-bond acceptors (Lipinski definition) is 3. The maximum Gasteiger partial charge on any atom is 0.162 e. The Kier molecular flexibility index (Phi) is 6.08. The van der Waals surface area contributed by atoms with Gasteiger partial charge >= 0.3 is 0 Å². The summed E-state index contributed by atoms with van der Waals surface area (Å²) in [5.41, 5.74) is 2.34. The van der Waals surface area contributed by atoms with E-state index >= 15 is 0 Å². The van der Waals surface area contributed by atoms with Crippen molar-refractivity contribution in [1.29, 1.82) is 0 Å². The summed E-state index contributed by atoms with van der Waals surface area (Å²) >= 11 is 3.63. The molecule has 0 aromatic heterocycles. The number of halogens is 1. The number of benzene rings is 2. The molecule has 124 valence electrons. The molecule has 0 amide bonds. The van der Waals surface area contributed by atoms with Gasteiger partial charge < -0.3 is 14.8 Å². The highest BCUT2D eigenvalue weighted by molar-refractivity contribution is 9.10. The van der Waals surface area contributed by atoms with E-state index in [9.17, 15) is 0 Å². The van der Waals surface area contributed by atoms with E-state index in [-0.39, 0.29) is 5.54 Å². The molecule has 0 aliphatic rings. The third-order valence-electron chi connectivity index (χ3n) is 3.38. The standard InChI is InChI=1S/C19H24BrNO2/c1-19(2,3)21-12-15-10-17(22-4)18(11-16(15)20)23-13-14-8-6-5-7-9-14/h5-11,21H,12-13H2,1-4H3. The lowest BCUT2D eigenvalue weighted by Gasteiger charge is -2.22. The molecule has 23 heavy (non-hydrogen) atoms. The molecule has 0 aliphatic heterocycles. The van der Waals surface area contributed by atoms with Gasteiger partial charge in [-0.1, -0.05) is 46.3 Å². The fraction of sp³-hybridized carbons (Fsp3) is 0.368. The van der Waals surface area contributed by atoms with Crippen molar-refractivity contribution >= 4 is 15.9 Å². The summed E-state index contributed by atoms with van der Waals surface area (Å²) in [5.74, 6) is 1.48. The SMILES string of the molecule is COc1cc(CNC(C)(C)C)c(Br)cc1OCc1ccccc1. The van der Waals surface area contributed by atoms with Crippen LogP contribution in [0.25, 0.3) is 0 Å². The number of rotatable bonds is 6. The molecule has 2 aromatic carbocycles. The van der Waals surface area contributed by atoms with Gasteiger partial charge in [-0.3, -0.25) is 0 Å². The molecular weight excluding hydrogens is 354 g/mol. The Balaban J connectivity index is 2.12. The molecule has 0 fully saturated rings. The summed E-state index contributed by atoms with van der Waals surface area (Å²) in [6.45, 7) is 7.73. The average molecular weight is 378 g/mol. The minimum Gasteiger partial charge on any atom is -0.493 e. The van der Waals surface area contributed by atoms with Crippen molar-refractivity contribution in [3.63, 3.8) is 0 Å². The predicted octanol–water partition coefficient (Wildman–Crippen LogP) is 4.92. The Morgan fingerprint density at radius 2 is 1.74 bits per heavy atom. The van der Waals surface area contributed by atoms with Gasteiger partial charge in [-0.15, -0.1) is 0 Å². The van der Waals surface area contributed by atoms with Crippen molar-refractivity contribution in [2.24, 2.45) is 0 Å². The minimum absolute atomic E-state index is 0.0646. The summed E-state index contributed by atoms with van der Waals surface area (Å²) < 4.78 is 12.4. The maximum absolute atomic E-state index is 5.92. The van der Waals surface area contributed by atoms with Crippen LogP contribution in [-0.2, 0) is 13.2 Å². The van der Waals surface area contributed by atoms with Gasteiger partial charge in [-0.25, -0.2) is 0 Å². The van der Waals surface area contributed by atoms with E-state index in [1.807, 2.05) is 42.5 Å². The molecule has 0 saturated heterocycles. The van der Waals surface area contributed by atoms with E-state index < -0.39 is 0 Å². The fourth-order valence-corrected chi connectivity index (χ4v) is 2.54. The Labute approximate surface area is 147 Å². The largest absolute Gasteiger partial charge is 0.493 e. The zero-order chi connectivity index (χ0) is 16.9. The second kappa shape index (κ2) is 7.84. The summed E-state index contributed by atoms with van der Waals surface area (Å²) in [6, 6.07) is 14.1. The van der Waals surface area contributed by atoms with Gasteiger partial charge in [-0.2, -0.15) is 0 Å². The van der Waals surface area contributed by atoms with Crippen LogP contribution in [0.1, 0.15) is 31.9 Å². The molecule has 2 rings (SSSR count). The molecule has 0 aliphatic carbocycles. The highest BCUT2D eigenvalue weighted by atomic mass is 79.9. The normalized spacial score (nSPS) is 11.3. The Hall–Kier alpha value is -1.52. The topological polar surface area (TPSA) is 30.5 Å². The minimum atomic E-state index is 0.0646. The van der Waals surface area contributed by atoms with Crippen molar-refractivity contribution in [1.82, 2.24) is 5.32 Å². The highest BCUT2D eigenvalue weighted by Crippen LogP contribution is 2.34.